The average molecular weight is 265 g/mol. The quantitative estimate of drug-likeness (QED) is 0.731. The number of ether oxygens (including phenoxy) is 1. The van der Waals surface area contributed by atoms with Gasteiger partial charge in [-0.3, -0.25) is 4.79 Å². The Morgan fingerprint density at radius 3 is 3.00 bits per heavy atom. The van der Waals surface area contributed by atoms with Crippen LogP contribution in [0, 0.1) is 0 Å². The molecule has 0 saturated carbocycles. The Kier molecular flexibility index (Phi) is 2.76. The van der Waals surface area contributed by atoms with Gasteiger partial charge in [0.25, 0.3) is 5.91 Å². The molecule has 0 radical (unpaired) electrons. The number of benzene rings is 1. The highest BCUT2D eigenvalue weighted by molar-refractivity contribution is 6.31. The van der Waals surface area contributed by atoms with E-state index < -0.39 is 0 Å². The molecule has 94 valence electrons. The van der Waals surface area contributed by atoms with Crippen molar-refractivity contribution in [2.24, 2.45) is 0 Å². The van der Waals surface area contributed by atoms with Crippen LogP contribution in [0.5, 0.6) is 5.75 Å². The number of anilines is 1. The molecule has 1 N–H and O–H groups in total. The highest BCUT2D eigenvalue weighted by Gasteiger charge is 2.28. The Bertz CT molecular complexity index is 554. The summed E-state index contributed by atoms with van der Waals surface area (Å²) in [5.74, 6) is 0.903. The molecule has 0 aliphatic carbocycles. The van der Waals surface area contributed by atoms with Gasteiger partial charge in [0.1, 0.15) is 0 Å². The van der Waals surface area contributed by atoms with Crippen LogP contribution in [0.1, 0.15) is 6.42 Å². The summed E-state index contributed by atoms with van der Waals surface area (Å²) in [6, 6.07) is 5.22. The van der Waals surface area contributed by atoms with Crippen molar-refractivity contribution in [1.82, 2.24) is 4.90 Å². The third kappa shape index (κ3) is 1.98. The Labute approximate surface area is 110 Å². The number of carbonyl (C=O) groups is 1. The molecule has 1 aromatic rings. The summed E-state index contributed by atoms with van der Waals surface area (Å²) in [6.07, 6.45) is 0.877. The number of nitrogens with one attached hydrogen (secondary N) is 1. The lowest BCUT2D eigenvalue weighted by atomic mass is 10.1. The number of fused-ring (bicyclic) bond motifs is 1. The van der Waals surface area contributed by atoms with Gasteiger partial charge >= 0.3 is 0 Å². The summed E-state index contributed by atoms with van der Waals surface area (Å²) in [5, 5.41) is 3.40. The standard InChI is InChI=1S/C13H13ClN2O2/c1-16-5-4-8(7-16)12-13(17)15-10-6-9(14)2-3-11(10)18-12/h2-3,6H,4-5,7H2,1H3,(H,15,17)/b12-8+. The van der Waals surface area contributed by atoms with Gasteiger partial charge in [-0.15, -0.1) is 0 Å². The molecule has 2 aliphatic heterocycles. The zero-order valence-corrected chi connectivity index (χ0v) is 10.8. The van der Waals surface area contributed by atoms with Crippen LogP contribution < -0.4 is 10.1 Å². The molecule has 18 heavy (non-hydrogen) atoms. The van der Waals surface area contributed by atoms with Crippen LogP contribution in [0.25, 0.3) is 0 Å². The van der Waals surface area contributed by atoms with E-state index in [0.717, 1.165) is 25.1 Å². The van der Waals surface area contributed by atoms with Crippen molar-refractivity contribution in [3.63, 3.8) is 0 Å². The van der Waals surface area contributed by atoms with Crippen molar-refractivity contribution in [2.75, 3.05) is 25.5 Å². The van der Waals surface area contributed by atoms with Crippen molar-refractivity contribution < 1.29 is 9.53 Å². The Hall–Kier alpha value is -1.52. The van der Waals surface area contributed by atoms with E-state index in [2.05, 4.69) is 10.2 Å². The van der Waals surface area contributed by atoms with E-state index in [1.807, 2.05) is 7.05 Å². The second kappa shape index (κ2) is 4.30. The van der Waals surface area contributed by atoms with Crippen molar-refractivity contribution in [3.8, 4) is 5.75 Å². The second-order valence-electron chi connectivity index (χ2n) is 4.62. The average Bonchev–Trinajstić information content (AvgIpc) is 2.74. The van der Waals surface area contributed by atoms with Gasteiger partial charge in [-0.2, -0.15) is 0 Å². The molecule has 1 aromatic carbocycles. The number of carbonyl (C=O) groups excluding carboxylic acids is 1. The molecule has 0 atom stereocenters. The fraction of sp³-hybridized carbons (Fsp3) is 0.308. The van der Waals surface area contributed by atoms with Crippen LogP contribution in [0.3, 0.4) is 0 Å². The van der Waals surface area contributed by atoms with Crippen molar-refractivity contribution in [3.05, 3.63) is 34.6 Å². The number of likely N-dealkylation sites (N-methyl/N-ethyl adjacent to an activating group) is 1. The Morgan fingerprint density at radius 1 is 1.44 bits per heavy atom. The first kappa shape index (κ1) is 11.6. The van der Waals surface area contributed by atoms with Gasteiger partial charge in [0.05, 0.1) is 5.69 Å². The van der Waals surface area contributed by atoms with Gasteiger partial charge < -0.3 is 15.0 Å². The summed E-state index contributed by atoms with van der Waals surface area (Å²) in [4.78, 5) is 14.2. The fourth-order valence-corrected chi connectivity index (χ4v) is 2.42. The van der Waals surface area contributed by atoms with Crippen LogP contribution in [-0.4, -0.2) is 30.9 Å². The maximum absolute atomic E-state index is 12.0. The van der Waals surface area contributed by atoms with Gasteiger partial charge in [-0.1, -0.05) is 11.6 Å². The van der Waals surface area contributed by atoms with Gasteiger partial charge in [0, 0.05) is 18.1 Å². The first-order valence-electron chi connectivity index (χ1n) is 5.83. The minimum atomic E-state index is -0.185. The maximum atomic E-state index is 12.0. The minimum Gasteiger partial charge on any atom is -0.449 e. The van der Waals surface area contributed by atoms with Crippen LogP contribution in [-0.2, 0) is 4.79 Å². The number of hydrogen-bond acceptors (Lipinski definition) is 3. The van der Waals surface area contributed by atoms with E-state index in [0.29, 0.717) is 22.2 Å². The van der Waals surface area contributed by atoms with E-state index in [9.17, 15) is 4.79 Å². The van der Waals surface area contributed by atoms with Crippen LogP contribution in [0.2, 0.25) is 5.02 Å². The zero-order valence-electron chi connectivity index (χ0n) is 10.00. The molecule has 1 fully saturated rings. The molecule has 0 unspecified atom stereocenters. The van der Waals surface area contributed by atoms with Crippen LogP contribution >= 0.6 is 11.6 Å². The van der Waals surface area contributed by atoms with E-state index >= 15 is 0 Å². The SMILES string of the molecule is CN1CC/C(=C2\Oc3ccc(Cl)cc3NC2=O)C1. The van der Waals surface area contributed by atoms with E-state index in [-0.39, 0.29) is 5.91 Å². The minimum absolute atomic E-state index is 0.185. The summed E-state index contributed by atoms with van der Waals surface area (Å²) in [6.45, 7) is 1.74. The van der Waals surface area contributed by atoms with Gasteiger partial charge in [-0.05, 0) is 37.2 Å². The lowest BCUT2D eigenvalue weighted by Gasteiger charge is -2.21. The summed E-state index contributed by atoms with van der Waals surface area (Å²) >= 11 is 5.88. The number of rotatable bonds is 0. The summed E-state index contributed by atoms with van der Waals surface area (Å²) in [5.41, 5.74) is 1.68. The Balaban J connectivity index is 1.97. The summed E-state index contributed by atoms with van der Waals surface area (Å²) in [7, 11) is 2.03. The van der Waals surface area contributed by atoms with Crippen LogP contribution in [0.4, 0.5) is 5.69 Å². The van der Waals surface area contributed by atoms with Crippen LogP contribution in [0.15, 0.2) is 29.5 Å². The molecule has 4 nitrogen and oxygen atoms in total. The third-order valence-electron chi connectivity index (χ3n) is 3.19. The largest absolute Gasteiger partial charge is 0.449 e. The van der Waals surface area contributed by atoms with Gasteiger partial charge in [0.15, 0.2) is 11.5 Å². The van der Waals surface area contributed by atoms with E-state index in [4.69, 9.17) is 16.3 Å². The molecule has 0 spiro atoms. The van der Waals surface area contributed by atoms with Crippen molar-refractivity contribution in [1.29, 1.82) is 0 Å². The smallest absolute Gasteiger partial charge is 0.291 e. The number of halogens is 1. The molecule has 0 aromatic heterocycles. The van der Waals surface area contributed by atoms with Crippen molar-refractivity contribution in [2.45, 2.75) is 6.42 Å². The molecule has 1 amide bonds. The number of hydrogen-bond donors (Lipinski definition) is 1. The van der Waals surface area contributed by atoms with E-state index in [1.54, 1.807) is 18.2 Å². The monoisotopic (exact) mass is 264 g/mol. The highest BCUT2D eigenvalue weighted by Crippen LogP contribution is 2.34. The predicted octanol–water partition coefficient (Wildman–Crippen LogP) is 2.26. The molecule has 5 heteroatoms. The topological polar surface area (TPSA) is 41.6 Å². The summed E-state index contributed by atoms with van der Waals surface area (Å²) < 4.78 is 5.71. The van der Waals surface area contributed by atoms with Gasteiger partial charge in [0.2, 0.25) is 0 Å². The molecule has 3 rings (SSSR count). The zero-order chi connectivity index (χ0) is 12.7. The normalized spacial score (nSPS) is 23.6. The second-order valence-corrected chi connectivity index (χ2v) is 5.05. The predicted molar refractivity (Wildman–Crippen MR) is 69.8 cm³/mol. The molecular formula is C13H13ClN2O2. The highest BCUT2D eigenvalue weighted by atomic mass is 35.5. The fourth-order valence-electron chi connectivity index (χ4n) is 2.25. The Morgan fingerprint density at radius 2 is 2.28 bits per heavy atom. The number of likely N-dealkylation sites (tertiary alicyclic amines) is 1. The first-order valence-corrected chi connectivity index (χ1v) is 6.20. The number of amides is 1. The molecule has 0 bridgehead atoms. The maximum Gasteiger partial charge on any atom is 0.291 e. The van der Waals surface area contributed by atoms with E-state index in [1.165, 1.54) is 0 Å². The third-order valence-corrected chi connectivity index (χ3v) is 3.42. The molecular weight excluding hydrogens is 252 g/mol. The lowest BCUT2D eigenvalue weighted by molar-refractivity contribution is -0.115. The molecule has 1 saturated heterocycles. The van der Waals surface area contributed by atoms with Crippen molar-refractivity contribution >= 4 is 23.2 Å². The first-order chi connectivity index (χ1) is 8.63. The molecule has 2 heterocycles. The molecule has 2 aliphatic rings. The lowest BCUT2D eigenvalue weighted by Crippen LogP contribution is -2.25. The van der Waals surface area contributed by atoms with Gasteiger partial charge in [-0.25, -0.2) is 0 Å². The number of nitrogens with zero attached hydrogens (tertiary/aromatic N) is 1.